The molecule has 10 heteroatoms. The molecule has 0 saturated heterocycles. The van der Waals surface area contributed by atoms with Gasteiger partial charge in [-0.1, -0.05) is 12.1 Å². The monoisotopic (exact) mass is 348 g/mol. The molecule has 0 aliphatic rings. The van der Waals surface area contributed by atoms with E-state index in [0.29, 0.717) is 5.95 Å². The fraction of sp³-hybridized carbons (Fsp3) is 0.0667. The summed E-state index contributed by atoms with van der Waals surface area (Å²) < 4.78 is 40.3. The summed E-state index contributed by atoms with van der Waals surface area (Å²) in [5.41, 5.74) is -1.05. The Bertz CT molecular complexity index is 862. The van der Waals surface area contributed by atoms with Gasteiger partial charge in [-0.25, -0.2) is 19.7 Å². The SMILES string of the molecule is O=C(Nc1cnc(-n2ccnc2)nc1)Nc1ccccc1C(F)(F)F. The Morgan fingerprint density at radius 3 is 2.44 bits per heavy atom. The molecule has 7 nitrogen and oxygen atoms in total. The van der Waals surface area contributed by atoms with Gasteiger partial charge < -0.3 is 10.6 Å². The molecule has 0 bridgehead atoms. The minimum Gasteiger partial charge on any atom is -0.307 e. The topological polar surface area (TPSA) is 84.7 Å². The Morgan fingerprint density at radius 1 is 1.08 bits per heavy atom. The summed E-state index contributed by atoms with van der Waals surface area (Å²) in [6.45, 7) is 0. The zero-order chi connectivity index (χ0) is 17.9. The second-order valence-electron chi connectivity index (χ2n) is 4.86. The molecule has 0 fully saturated rings. The standard InChI is InChI=1S/C15H11F3N6O/c16-15(17,18)11-3-1-2-4-12(11)23-14(25)22-10-7-20-13(21-8-10)24-6-5-19-9-24/h1-9H,(H2,22,23,25). The van der Waals surface area contributed by atoms with Crippen LogP contribution in [0, 0.1) is 0 Å². The predicted molar refractivity (Wildman–Crippen MR) is 83.2 cm³/mol. The molecule has 25 heavy (non-hydrogen) atoms. The van der Waals surface area contributed by atoms with Gasteiger partial charge in [0.15, 0.2) is 0 Å². The summed E-state index contributed by atoms with van der Waals surface area (Å²) in [6, 6.07) is 3.86. The van der Waals surface area contributed by atoms with Crippen LogP contribution in [0.1, 0.15) is 5.56 Å². The zero-order valence-electron chi connectivity index (χ0n) is 12.5. The van der Waals surface area contributed by atoms with Crippen LogP contribution in [0.5, 0.6) is 0 Å². The Hall–Kier alpha value is -3.43. The average Bonchev–Trinajstić information content (AvgIpc) is 3.09. The first-order valence-electron chi connectivity index (χ1n) is 6.98. The summed E-state index contributed by atoms with van der Waals surface area (Å²) in [5.74, 6) is 0.339. The van der Waals surface area contributed by atoms with E-state index in [4.69, 9.17) is 0 Å². The van der Waals surface area contributed by atoms with Gasteiger partial charge in [0.2, 0.25) is 5.95 Å². The van der Waals surface area contributed by atoms with E-state index in [-0.39, 0.29) is 11.4 Å². The number of imidazole rings is 1. The molecule has 0 saturated carbocycles. The fourth-order valence-electron chi connectivity index (χ4n) is 2.02. The highest BCUT2D eigenvalue weighted by atomic mass is 19.4. The third-order valence-electron chi connectivity index (χ3n) is 3.11. The van der Waals surface area contributed by atoms with Gasteiger partial charge in [0.25, 0.3) is 0 Å². The van der Waals surface area contributed by atoms with Crippen LogP contribution in [0.15, 0.2) is 55.4 Å². The summed E-state index contributed by atoms with van der Waals surface area (Å²) in [6.07, 6.45) is 2.79. The van der Waals surface area contributed by atoms with Gasteiger partial charge in [-0.3, -0.25) is 4.57 Å². The normalized spacial score (nSPS) is 11.2. The predicted octanol–water partition coefficient (Wildman–Crippen LogP) is 3.33. The number of carbonyl (C=O) groups is 1. The van der Waals surface area contributed by atoms with Crippen molar-refractivity contribution < 1.29 is 18.0 Å². The minimum atomic E-state index is -4.57. The molecule has 0 aliphatic carbocycles. The number of halogens is 3. The first-order chi connectivity index (χ1) is 11.9. The molecule has 0 unspecified atom stereocenters. The maximum atomic E-state index is 12.9. The summed E-state index contributed by atoms with van der Waals surface area (Å²) in [7, 11) is 0. The van der Waals surface area contributed by atoms with E-state index in [9.17, 15) is 18.0 Å². The van der Waals surface area contributed by atoms with Crippen molar-refractivity contribution in [2.45, 2.75) is 6.18 Å². The molecule has 2 heterocycles. The number of para-hydroxylation sites is 1. The second kappa shape index (κ2) is 6.59. The van der Waals surface area contributed by atoms with E-state index in [2.05, 4.69) is 25.6 Å². The Kier molecular flexibility index (Phi) is 4.33. The highest BCUT2D eigenvalue weighted by Crippen LogP contribution is 2.34. The summed E-state index contributed by atoms with van der Waals surface area (Å²) in [4.78, 5) is 23.8. The van der Waals surface area contributed by atoms with E-state index in [1.54, 1.807) is 17.0 Å². The first kappa shape index (κ1) is 16.4. The van der Waals surface area contributed by atoms with E-state index >= 15 is 0 Å². The zero-order valence-corrected chi connectivity index (χ0v) is 12.5. The lowest BCUT2D eigenvalue weighted by molar-refractivity contribution is -0.136. The van der Waals surface area contributed by atoms with Gasteiger partial charge in [0.1, 0.15) is 6.33 Å². The fourth-order valence-corrected chi connectivity index (χ4v) is 2.02. The Labute approximate surface area is 139 Å². The molecule has 0 atom stereocenters. The van der Waals surface area contributed by atoms with Crippen LogP contribution in [0.3, 0.4) is 0 Å². The van der Waals surface area contributed by atoms with Gasteiger partial charge in [-0.05, 0) is 12.1 Å². The van der Waals surface area contributed by atoms with Crippen molar-refractivity contribution in [2.24, 2.45) is 0 Å². The van der Waals surface area contributed by atoms with Crippen molar-refractivity contribution in [1.82, 2.24) is 19.5 Å². The number of amides is 2. The van der Waals surface area contributed by atoms with Crippen molar-refractivity contribution in [2.75, 3.05) is 10.6 Å². The third kappa shape index (κ3) is 3.91. The molecule has 3 aromatic rings. The van der Waals surface area contributed by atoms with Crippen molar-refractivity contribution in [3.8, 4) is 5.95 Å². The largest absolute Gasteiger partial charge is 0.418 e. The molecule has 2 N–H and O–H groups in total. The van der Waals surface area contributed by atoms with E-state index in [1.165, 1.54) is 36.9 Å². The Morgan fingerprint density at radius 2 is 1.80 bits per heavy atom. The number of alkyl halides is 3. The molecule has 1 aromatic carbocycles. The third-order valence-corrected chi connectivity index (χ3v) is 3.11. The molecule has 2 amide bonds. The maximum absolute atomic E-state index is 12.9. The van der Waals surface area contributed by atoms with Crippen molar-refractivity contribution >= 4 is 17.4 Å². The van der Waals surface area contributed by atoms with Crippen LogP contribution in [0.4, 0.5) is 29.3 Å². The second-order valence-corrected chi connectivity index (χ2v) is 4.86. The van der Waals surface area contributed by atoms with Crippen LogP contribution in [0.25, 0.3) is 5.95 Å². The molecule has 128 valence electrons. The summed E-state index contributed by atoms with van der Waals surface area (Å²) >= 11 is 0. The molecule has 3 rings (SSSR count). The van der Waals surface area contributed by atoms with E-state index in [0.717, 1.165) is 6.07 Å². The van der Waals surface area contributed by atoms with Crippen LogP contribution in [-0.2, 0) is 6.18 Å². The number of nitrogens with one attached hydrogen (secondary N) is 2. The van der Waals surface area contributed by atoms with Gasteiger partial charge >= 0.3 is 12.2 Å². The number of rotatable bonds is 3. The molecule has 2 aromatic heterocycles. The van der Waals surface area contributed by atoms with Crippen LogP contribution >= 0.6 is 0 Å². The van der Waals surface area contributed by atoms with Crippen LogP contribution in [-0.4, -0.2) is 25.6 Å². The first-order valence-corrected chi connectivity index (χ1v) is 6.98. The number of aromatic nitrogens is 4. The van der Waals surface area contributed by atoms with Crippen molar-refractivity contribution in [3.05, 3.63) is 60.9 Å². The quantitative estimate of drug-likeness (QED) is 0.760. The Balaban J connectivity index is 1.69. The van der Waals surface area contributed by atoms with E-state index in [1.807, 2.05) is 0 Å². The highest BCUT2D eigenvalue weighted by molar-refractivity contribution is 6.00. The highest BCUT2D eigenvalue weighted by Gasteiger charge is 2.33. The molecule has 0 spiro atoms. The molecule has 0 radical (unpaired) electrons. The van der Waals surface area contributed by atoms with Crippen molar-refractivity contribution in [1.29, 1.82) is 0 Å². The van der Waals surface area contributed by atoms with Gasteiger partial charge in [-0.2, -0.15) is 13.2 Å². The van der Waals surface area contributed by atoms with Gasteiger partial charge in [-0.15, -0.1) is 0 Å². The average molecular weight is 348 g/mol. The summed E-state index contributed by atoms with van der Waals surface area (Å²) in [5, 5.41) is 4.54. The lowest BCUT2D eigenvalue weighted by Crippen LogP contribution is -2.22. The smallest absolute Gasteiger partial charge is 0.307 e. The number of hydrogen-bond acceptors (Lipinski definition) is 4. The minimum absolute atomic E-state index is 0.228. The number of hydrogen-bond donors (Lipinski definition) is 2. The molecule has 0 aliphatic heterocycles. The number of carbonyl (C=O) groups excluding carboxylic acids is 1. The lowest BCUT2D eigenvalue weighted by Gasteiger charge is -2.13. The number of benzene rings is 1. The lowest BCUT2D eigenvalue weighted by atomic mass is 10.1. The van der Waals surface area contributed by atoms with Gasteiger partial charge in [0, 0.05) is 12.4 Å². The number of anilines is 2. The molecular weight excluding hydrogens is 337 g/mol. The van der Waals surface area contributed by atoms with Crippen LogP contribution < -0.4 is 10.6 Å². The van der Waals surface area contributed by atoms with Crippen LogP contribution in [0.2, 0.25) is 0 Å². The number of nitrogens with zero attached hydrogens (tertiary/aromatic N) is 4. The molecular formula is C15H11F3N6O. The number of urea groups is 1. The van der Waals surface area contributed by atoms with Crippen molar-refractivity contribution in [3.63, 3.8) is 0 Å². The van der Waals surface area contributed by atoms with Gasteiger partial charge in [0.05, 0.1) is 29.3 Å². The van der Waals surface area contributed by atoms with E-state index < -0.39 is 17.8 Å². The maximum Gasteiger partial charge on any atom is 0.418 e.